The third-order valence-corrected chi connectivity index (χ3v) is 5.97. The lowest BCUT2D eigenvalue weighted by molar-refractivity contribution is 0.200. The van der Waals surface area contributed by atoms with Gasteiger partial charge in [-0.25, -0.2) is 0 Å². The van der Waals surface area contributed by atoms with Crippen LogP contribution in [0.4, 0.5) is 0 Å². The van der Waals surface area contributed by atoms with Crippen molar-refractivity contribution in [3.05, 3.63) is 88.9 Å². The third kappa shape index (κ3) is 6.79. The molecule has 0 saturated carbocycles. The minimum absolute atomic E-state index is 0.0404. The summed E-state index contributed by atoms with van der Waals surface area (Å²) >= 11 is 8.12. The first-order valence-electron chi connectivity index (χ1n) is 9.58. The van der Waals surface area contributed by atoms with Gasteiger partial charge >= 0.3 is 0 Å². The van der Waals surface area contributed by atoms with E-state index >= 15 is 0 Å². The number of ether oxygens (including phenoxy) is 1. The van der Waals surface area contributed by atoms with Gasteiger partial charge < -0.3 is 15.6 Å². The van der Waals surface area contributed by atoms with E-state index in [1.54, 1.807) is 11.8 Å². The highest BCUT2D eigenvalue weighted by Crippen LogP contribution is 2.33. The van der Waals surface area contributed by atoms with Crippen molar-refractivity contribution in [3.8, 4) is 5.75 Å². The molecule has 0 radical (unpaired) electrons. The van der Waals surface area contributed by atoms with Crippen LogP contribution in [0.25, 0.3) is 0 Å². The molecular formula is C24H26ClNO2S. The summed E-state index contributed by atoms with van der Waals surface area (Å²) in [6.07, 6.45) is 1.41. The minimum atomic E-state index is -0.586. The fourth-order valence-corrected chi connectivity index (χ4v) is 4.04. The molecule has 3 N–H and O–H groups in total. The monoisotopic (exact) mass is 427 g/mol. The van der Waals surface area contributed by atoms with Crippen molar-refractivity contribution in [2.24, 2.45) is 5.73 Å². The van der Waals surface area contributed by atoms with Gasteiger partial charge in [-0.05, 0) is 61.2 Å². The summed E-state index contributed by atoms with van der Waals surface area (Å²) in [5.41, 5.74) is 7.61. The Morgan fingerprint density at radius 2 is 1.76 bits per heavy atom. The number of nitrogens with two attached hydrogens (primary N) is 1. The van der Waals surface area contributed by atoms with Crippen LogP contribution in [-0.2, 0) is 13.0 Å². The van der Waals surface area contributed by atoms with Crippen LogP contribution in [0.5, 0.6) is 5.75 Å². The number of hydrogen-bond donors (Lipinski definition) is 2. The maximum Gasteiger partial charge on any atom is 0.120 e. The number of hydrogen-bond acceptors (Lipinski definition) is 4. The molecule has 0 fully saturated rings. The Labute approximate surface area is 181 Å². The van der Waals surface area contributed by atoms with Gasteiger partial charge in [-0.2, -0.15) is 0 Å². The van der Waals surface area contributed by atoms with E-state index in [0.29, 0.717) is 13.0 Å². The molecule has 1 unspecified atom stereocenters. The number of halogens is 1. The van der Waals surface area contributed by atoms with Gasteiger partial charge in [0.25, 0.3) is 0 Å². The van der Waals surface area contributed by atoms with Crippen molar-refractivity contribution >= 4 is 23.4 Å². The maximum absolute atomic E-state index is 9.30. The highest BCUT2D eigenvalue weighted by atomic mass is 35.5. The van der Waals surface area contributed by atoms with Crippen LogP contribution in [0.3, 0.4) is 0 Å². The van der Waals surface area contributed by atoms with E-state index in [-0.39, 0.29) is 6.61 Å². The van der Waals surface area contributed by atoms with Gasteiger partial charge in [0.15, 0.2) is 0 Å². The molecule has 0 aliphatic carbocycles. The van der Waals surface area contributed by atoms with Crippen molar-refractivity contribution in [1.29, 1.82) is 0 Å². The molecular weight excluding hydrogens is 402 g/mol. The van der Waals surface area contributed by atoms with Gasteiger partial charge in [0.1, 0.15) is 12.4 Å². The molecule has 0 saturated heterocycles. The van der Waals surface area contributed by atoms with E-state index in [1.807, 2.05) is 55.5 Å². The number of aliphatic hydroxyl groups is 1. The first-order valence-corrected chi connectivity index (χ1v) is 10.8. The zero-order valence-corrected chi connectivity index (χ0v) is 18.0. The summed E-state index contributed by atoms with van der Waals surface area (Å²) < 4.78 is 5.92. The smallest absolute Gasteiger partial charge is 0.120 e. The Morgan fingerprint density at radius 1 is 1.00 bits per heavy atom. The summed E-state index contributed by atoms with van der Waals surface area (Å²) in [6.45, 7) is 2.35. The largest absolute Gasteiger partial charge is 0.489 e. The molecule has 29 heavy (non-hydrogen) atoms. The molecule has 3 aromatic rings. The first-order chi connectivity index (χ1) is 13.9. The lowest BCUT2D eigenvalue weighted by Gasteiger charge is -2.21. The van der Waals surface area contributed by atoms with Crippen LogP contribution in [0.2, 0.25) is 5.02 Å². The van der Waals surface area contributed by atoms with E-state index in [4.69, 9.17) is 22.1 Å². The molecule has 0 spiro atoms. The Kier molecular flexibility index (Phi) is 7.62. The van der Waals surface area contributed by atoms with E-state index in [0.717, 1.165) is 38.1 Å². The molecule has 0 bridgehead atoms. The van der Waals surface area contributed by atoms with E-state index in [1.165, 1.54) is 0 Å². The van der Waals surface area contributed by atoms with Crippen LogP contribution in [0, 0.1) is 0 Å². The lowest BCUT2D eigenvalue weighted by atomic mass is 9.95. The van der Waals surface area contributed by atoms with Crippen LogP contribution >= 0.6 is 23.4 Å². The SMILES string of the molecule is CC(N)(CO)CCc1ccc(Sc2cccc(OCc3ccccc3)c2)cc1Cl. The van der Waals surface area contributed by atoms with Crippen LogP contribution in [0.15, 0.2) is 82.6 Å². The molecule has 0 aliphatic heterocycles. The predicted octanol–water partition coefficient (Wildman–Crippen LogP) is 5.71. The second-order valence-corrected chi connectivity index (χ2v) is 8.97. The molecule has 5 heteroatoms. The van der Waals surface area contributed by atoms with E-state index in [9.17, 15) is 5.11 Å². The summed E-state index contributed by atoms with van der Waals surface area (Å²) in [5, 5.41) is 10.0. The van der Waals surface area contributed by atoms with Crippen LogP contribution in [-0.4, -0.2) is 17.3 Å². The van der Waals surface area contributed by atoms with Crippen molar-refractivity contribution in [2.45, 2.75) is 41.7 Å². The molecule has 0 aromatic heterocycles. The zero-order chi connectivity index (χ0) is 20.7. The Bertz CT molecular complexity index is 931. The molecule has 1 atom stereocenters. The molecule has 0 heterocycles. The fourth-order valence-electron chi connectivity index (χ4n) is 2.80. The first kappa shape index (κ1) is 21.7. The van der Waals surface area contributed by atoms with Crippen LogP contribution in [0.1, 0.15) is 24.5 Å². The van der Waals surface area contributed by atoms with Crippen LogP contribution < -0.4 is 10.5 Å². The summed E-state index contributed by atoms with van der Waals surface area (Å²) in [4.78, 5) is 2.16. The molecule has 3 rings (SSSR count). The van der Waals surface area contributed by atoms with Gasteiger partial charge in [0, 0.05) is 20.4 Å². The average molecular weight is 428 g/mol. The number of rotatable bonds is 9. The second kappa shape index (κ2) is 10.2. The van der Waals surface area contributed by atoms with Gasteiger partial charge in [-0.1, -0.05) is 65.8 Å². The maximum atomic E-state index is 9.30. The van der Waals surface area contributed by atoms with Gasteiger partial charge in [0.05, 0.1) is 6.61 Å². The Morgan fingerprint density at radius 3 is 2.48 bits per heavy atom. The van der Waals surface area contributed by atoms with E-state index < -0.39 is 5.54 Å². The van der Waals surface area contributed by atoms with Gasteiger partial charge in [0.2, 0.25) is 0 Å². The quantitative estimate of drug-likeness (QED) is 0.459. The Hall–Kier alpha value is -1.98. The van der Waals surface area contributed by atoms with Crippen molar-refractivity contribution < 1.29 is 9.84 Å². The Balaban J connectivity index is 1.61. The fraction of sp³-hybridized carbons (Fsp3) is 0.250. The number of aryl methyl sites for hydroxylation is 1. The summed E-state index contributed by atoms with van der Waals surface area (Å²) in [5.74, 6) is 0.841. The predicted molar refractivity (Wildman–Crippen MR) is 121 cm³/mol. The number of aliphatic hydroxyl groups excluding tert-OH is 1. The van der Waals surface area contributed by atoms with Crippen molar-refractivity contribution in [3.63, 3.8) is 0 Å². The molecule has 3 aromatic carbocycles. The summed E-state index contributed by atoms with van der Waals surface area (Å²) in [6, 6.07) is 24.3. The highest BCUT2D eigenvalue weighted by Gasteiger charge is 2.17. The van der Waals surface area contributed by atoms with Crippen molar-refractivity contribution in [1.82, 2.24) is 0 Å². The molecule has 3 nitrogen and oxygen atoms in total. The average Bonchev–Trinajstić information content (AvgIpc) is 2.73. The lowest BCUT2D eigenvalue weighted by Crippen LogP contribution is -2.40. The summed E-state index contributed by atoms with van der Waals surface area (Å²) in [7, 11) is 0. The highest BCUT2D eigenvalue weighted by molar-refractivity contribution is 7.99. The normalized spacial score (nSPS) is 13.1. The standard InChI is InChI=1S/C24H26ClNO2S/c1-24(26,17-27)13-12-19-10-11-22(15-23(19)25)29-21-9-5-8-20(14-21)28-16-18-6-3-2-4-7-18/h2-11,14-15,27H,12-13,16-17,26H2,1H3. The van der Waals surface area contributed by atoms with E-state index in [2.05, 4.69) is 24.3 Å². The minimum Gasteiger partial charge on any atom is -0.489 e. The molecule has 0 aliphatic rings. The second-order valence-electron chi connectivity index (χ2n) is 7.42. The van der Waals surface area contributed by atoms with Gasteiger partial charge in [-0.15, -0.1) is 0 Å². The van der Waals surface area contributed by atoms with Crippen molar-refractivity contribution in [2.75, 3.05) is 6.61 Å². The third-order valence-electron chi connectivity index (χ3n) is 4.64. The number of benzene rings is 3. The van der Waals surface area contributed by atoms with Gasteiger partial charge in [-0.3, -0.25) is 0 Å². The molecule has 0 amide bonds. The molecule has 152 valence electrons. The zero-order valence-electron chi connectivity index (χ0n) is 16.5. The topological polar surface area (TPSA) is 55.5 Å².